The molecular weight excluding hydrogens is 266 g/mol. The minimum atomic E-state index is 0.662. The van der Waals surface area contributed by atoms with Crippen LogP contribution in [0.4, 0.5) is 5.82 Å². The Morgan fingerprint density at radius 1 is 1.20 bits per heavy atom. The van der Waals surface area contributed by atoms with Crippen LogP contribution in [0.15, 0.2) is 41.9 Å². The number of pyridine rings is 1. The number of anilines is 1. The highest BCUT2D eigenvalue weighted by Gasteiger charge is 2.19. The topological polar surface area (TPSA) is 28.2 Å². The lowest BCUT2D eigenvalue weighted by Gasteiger charge is -2.33. The van der Waals surface area contributed by atoms with Crippen LogP contribution in [0.2, 0.25) is 0 Å². The Hall–Kier alpha value is -1.39. The lowest BCUT2D eigenvalue weighted by Crippen LogP contribution is -2.43. The van der Waals surface area contributed by atoms with Gasteiger partial charge >= 0.3 is 0 Å². The molecule has 0 bridgehead atoms. The van der Waals surface area contributed by atoms with E-state index in [0.29, 0.717) is 6.04 Å². The third-order valence-electron chi connectivity index (χ3n) is 3.85. The van der Waals surface area contributed by atoms with Crippen LogP contribution in [0, 0.1) is 0 Å². The first-order valence-corrected chi connectivity index (χ1v) is 8.21. The lowest BCUT2D eigenvalue weighted by molar-refractivity contribution is 0.417. The molecule has 106 valence electrons. The molecule has 1 fully saturated rings. The fraction of sp³-hybridized carbons (Fsp3) is 0.438. The van der Waals surface area contributed by atoms with Crippen molar-refractivity contribution in [3.63, 3.8) is 0 Å². The van der Waals surface area contributed by atoms with Gasteiger partial charge in [-0.2, -0.15) is 0 Å². The molecular formula is C16H21N3S. The van der Waals surface area contributed by atoms with Crippen molar-refractivity contribution in [2.75, 3.05) is 24.5 Å². The standard InChI is InChI=1S/C16H21N3S/c1-2-9-18-16(5-1)19-11-7-14(8-12-19)17-10-6-15-4-3-13-20-15/h1-5,9,13-14,17H,6-8,10-12H2. The zero-order valence-corrected chi connectivity index (χ0v) is 12.5. The molecule has 1 saturated heterocycles. The summed E-state index contributed by atoms with van der Waals surface area (Å²) in [6.45, 7) is 3.30. The van der Waals surface area contributed by atoms with Crippen molar-refractivity contribution in [1.29, 1.82) is 0 Å². The minimum absolute atomic E-state index is 0.662. The normalized spacial score (nSPS) is 16.5. The summed E-state index contributed by atoms with van der Waals surface area (Å²) in [5.41, 5.74) is 0. The molecule has 0 aromatic carbocycles. The van der Waals surface area contributed by atoms with Crippen molar-refractivity contribution >= 4 is 17.2 Å². The SMILES string of the molecule is c1ccc(N2CCC(NCCc3cccs3)CC2)nc1. The predicted octanol–water partition coefficient (Wildman–Crippen LogP) is 2.94. The number of nitrogens with zero attached hydrogens (tertiary/aromatic N) is 2. The van der Waals surface area contributed by atoms with Crippen molar-refractivity contribution in [3.8, 4) is 0 Å². The molecule has 20 heavy (non-hydrogen) atoms. The number of piperidine rings is 1. The van der Waals surface area contributed by atoms with Gasteiger partial charge in [0.2, 0.25) is 0 Å². The monoisotopic (exact) mass is 287 g/mol. The molecule has 1 aliphatic rings. The maximum atomic E-state index is 4.43. The average molecular weight is 287 g/mol. The number of hydrogen-bond acceptors (Lipinski definition) is 4. The molecule has 2 aromatic heterocycles. The van der Waals surface area contributed by atoms with Gasteiger partial charge in [0.1, 0.15) is 5.82 Å². The highest BCUT2D eigenvalue weighted by atomic mass is 32.1. The second kappa shape index (κ2) is 6.86. The Balaban J connectivity index is 1.40. The summed E-state index contributed by atoms with van der Waals surface area (Å²) in [5, 5.41) is 5.84. The maximum absolute atomic E-state index is 4.43. The van der Waals surface area contributed by atoms with Gasteiger partial charge in [-0.1, -0.05) is 12.1 Å². The second-order valence-electron chi connectivity index (χ2n) is 5.23. The molecule has 0 spiro atoms. The summed E-state index contributed by atoms with van der Waals surface area (Å²) in [6.07, 6.45) is 5.45. The van der Waals surface area contributed by atoms with Gasteiger partial charge in [-0.25, -0.2) is 4.98 Å². The molecule has 3 nitrogen and oxygen atoms in total. The van der Waals surface area contributed by atoms with Gasteiger partial charge in [0.15, 0.2) is 0 Å². The van der Waals surface area contributed by atoms with Gasteiger partial charge in [-0.15, -0.1) is 11.3 Å². The van der Waals surface area contributed by atoms with E-state index >= 15 is 0 Å². The molecule has 0 saturated carbocycles. The molecule has 1 aliphatic heterocycles. The molecule has 3 heterocycles. The van der Waals surface area contributed by atoms with Crippen LogP contribution in [0.3, 0.4) is 0 Å². The summed E-state index contributed by atoms with van der Waals surface area (Å²) in [7, 11) is 0. The Morgan fingerprint density at radius 3 is 2.80 bits per heavy atom. The van der Waals surface area contributed by atoms with Crippen molar-refractivity contribution in [2.24, 2.45) is 0 Å². The van der Waals surface area contributed by atoms with Crippen LogP contribution < -0.4 is 10.2 Å². The van der Waals surface area contributed by atoms with E-state index in [1.807, 2.05) is 23.6 Å². The molecule has 0 amide bonds. The summed E-state index contributed by atoms with van der Waals surface area (Å²) in [6, 6.07) is 11.2. The number of thiophene rings is 1. The molecule has 1 N–H and O–H groups in total. The predicted molar refractivity (Wildman–Crippen MR) is 85.5 cm³/mol. The molecule has 4 heteroatoms. The Morgan fingerprint density at radius 2 is 2.10 bits per heavy atom. The van der Waals surface area contributed by atoms with E-state index in [9.17, 15) is 0 Å². The molecule has 0 aliphatic carbocycles. The Labute approximate surface area is 124 Å². The van der Waals surface area contributed by atoms with Crippen molar-refractivity contribution in [1.82, 2.24) is 10.3 Å². The van der Waals surface area contributed by atoms with Crippen LogP contribution >= 0.6 is 11.3 Å². The van der Waals surface area contributed by atoms with E-state index in [-0.39, 0.29) is 0 Å². The molecule has 0 radical (unpaired) electrons. The number of nitrogens with one attached hydrogen (secondary N) is 1. The van der Waals surface area contributed by atoms with Gasteiger partial charge < -0.3 is 10.2 Å². The van der Waals surface area contributed by atoms with Gasteiger partial charge in [0.25, 0.3) is 0 Å². The van der Waals surface area contributed by atoms with Gasteiger partial charge in [-0.05, 0) is 42.8 Å². The zero-order chi connectivity index (χ0) is 13.6. The van der Waals surface area contributed by atoms with E-state index in [1.165, 1.54) is 17.7 Å². The average Bonchev–Trinajstić information content (AvgIpc) is 3.02. The largest absolute Gasteiger partial charge is 0.357 e. The number of hydrogen-bond donors (Lipinski definition) is 1. The zero-order valence-electron chi connectivity index (χ0n) is 11.7. The first-order chi connectivity index (χ1) is 9.92. The third kappa shape index (κ3) is 3.58. The van der Waals surface area contributed by atoms with Crippen LogP contribution in [-0.2, 0) is 6.42 Å². The first kappa shape index (κ1) is 13.6. The van der Waals surface area contributed by atoms with E-state index in [4.69, 9.17) is 0 Å². The fourth-order valence-electron chi connectivity index (χ4n) is 2.71. The molecule has 2 aromatic rings. The van der Waals surface area contributed by atoms with Gasteiger partial charge in [0, 0.05) is 36.8 Å². The summed E-state index contributed by atoms with van der Waals surface area (Å²) in [5.74, 6) is 1.12. The third-order valence-corrected chi connectivity index (χ3v) is 4.79. The van der Waals surface area contributed by atoms with Crippen molar-refractivity contribution in [2.45, 2.75) is 25.3 Å². The van der Waals surface area contributed by atoms with Gasteiger partial charge in [0.05, 0.1) is 0 Å². The molecule has 3 rings (SSSR count). The number of rotatable bonds is 5. The van der Waals surface area contributed by atoms with Crippen molar-refractivity contribution < 1.29 is 0 Å². The summed E-state index contributed by atoms with van der Waals surface area (Å²) in [4.78, 5) is 8.29. The highest BCUT2D eigenvalue weighted by Crippen LogP contribution is 2.17. The van der Waals surface area contributed by atoms with Crippen LogP contribution in [0.1, 0.15) is 17.7 Å². The summed E-state index contributed by atoms with van der Waals surface area (Å²) >= 11 is 1.85. The van der Waals surface area contributed by atoms with Crippen LogP contribution in [0.25, 0.3) is 0 Å². The fourth-order valence-corrected chi connectivity index (χ4v) is 3.42. The van der Waals surface area contributed by atoms with Crippen LogP contribution in [0.5, 0.6) is 0 Å². The quantitative estimate of drug-likeness (QED) is 0.916. The lowest BCUT2D eigenvalue weighted by atomic mass is 10.0. The van der Waals surface area contributed by atoms with Crippen molar-refractivity contribution in [3.05, 3.63) is 46.8 Å². The Bertz CT molecular complexity index is 490. The van der Waals surface area contributed by atoms with E-state index in [2.05, 4.69) is 44.8 Å². The smallest absolute Gasteiger partial charge is 0.128 e. The van der Waals surface area contributed by atoms with Gasteiger partial charge in [-0.3, -0.25) is 0 Å². The first-order valence-electron chi connectivity index (χ1n) is 7.33. The molecule has 0 unspecified atom stereocenters. The van der Waals surface area contributed by atoms with E-state index < -0.39 is 0 Å². The number of aromatic nitrogens is 1. The second-order valence-corrected chi connectivity index (χ2v) is 6.26. The Kier molecular flexibility index (Phi) is 4.66. The minimum Gasteiger partial charge on any atom is -0.357 e. The highest BCUT2D eigenvalue weighted by molar-refractivity contribution is 7.09. The van der Waals surface area contributed by atoms with E-state index in [0.717, 1.165) is 31.9 Å². The van der Waals surface area contributed by atoms with E-state index in [1.54, 1.807) is 0 Å². The van der Waals surface area contributed by atoms with Crippen LogP contribution in [-0.4, -0.2) is 30.7 Å². The maximum Gasteiger partial charge on any atom is 0.128 e. The summed E-state index contributed by atoms with van der Waals surface area (Å²) < 4.78 is 0. The molecule has 0 atom stereocenters.